The molecule has 4 rings (SSSR count). The Bertz CT molecular complexity index is 1160. The van der Waals surface area contributed by atoms with E-state index in [4.69, 9.17) is 4.74 Å². The maximum atomic E-state index is 12.3. The lowest BCUT2D eigenvalue weighted by molar-refractivity contribution is -0.121. The van der Waals surface area contributed by atoms with Crippen LogP contribution in [0.1, 0.15) is 12.0 Å². The second kappa shape index (κ2) is 8.49. The van der Waals surface area contributed by atoms with Crippen LogP contribution in [0.3, 0.4) is 0 Å². The Morgan fingerprint density at radius 2 is 1.72 bits per heavy atom. The molecule has 0 bridgehead atoms. The number of halogens is 1. The lowest BCUT2D eigenvalue weighted by Crippen LogP contribution is -2.19. The van der Waals surface area contributed by atoms with Gasteiger partial charge in [-0.3, -0.25) is 4.79 Å². The molecule has 4 aromatic rings. The molecule has 5 nitrogen and oxygen atoms in total. The van der Waals surface area contributed by atoms with Crippen molar-refractivity contribution in [3.8, 4) is 5.75 Å². The maximum Gasteiger partial charge on any atom is 0.241 e. The number of hydrazone groups is 1. The fraction of sp³-hybridized carbons (Fsp3) is 0.130. The van der Waals surface area contributed by atoms with Gasteiger partial charge in [-0.2, -0.15) is 5.10 Å². The molecule has 0 aliphatic carbocycles. The SMILES string of the molecule is COc1ccc(Br)cc1C=NNC(=O)CCn1c2ccccc2c2ccccc21. The molecule has 0 unspecified atom stereocenters. The van der Waals surface area contributed by atoms with Crippen molar-refractivity contribution in [2.45, 2.75) is 13.0 Å². The van der Waals surface area contributed by atoms with E-state index in [0.717, 1.165) is 21.1 Å². The van der Waals surface area contributed by atoms with E-state index in [-0.39, 0.29) is 5.91 Å². The van der Waals surface area contributed by atoms with Crippen molar-refractivity contribution in [3.63, 3.8) is 0 Å². The number of hydrogen-bond acceptors (Lipinski definition) is 3. The van der Waals surface area contributed by atoms with E-state index in [1.807, 2.05) is 42.5 Å². The van der Waals surface area contributed by atoms with Crippen molar-refractivity contribution in [1.82, 2.24) is 9.99 Å². The molecule has 3 aromatic carbocycles. The first kappa shape index (κ1) is 19.2. The zero-order chi connectivity index (χ0) is 20.2. The van der Waals surface area contributed by atoms with Crippen molar-refractivity contribution < 1.29 is 9.53 Å². The summed E-state index contributed by atoms with van der Waals surface area (Å²) in [5, 5.41) is 6.48. The molecule has 1 aromatic heterocycles. The Kier molecular flexibility index (Phi) is 5.62. The number of fused-ring (bicyclic) bond motifs is 3. The summed E-state index contributed by atoms with van der Waals surface area (Å²) in [6.07, 6.45) is 1.91. The summed E-state index contributed by atoms with van der Waals surface area (Å²) in [6.45, 7) is 0.579. The van der Waals surface area contributed by atoms with Gasteiger partial charge in [0.05, 0.1) is 13.3 Å². The predicted octanol–water partition coefficient (Wildman–Crippen LogP) is 5.11. The second-order valence-electron chi connectivity index (χ2n) is 6.62. The molecular formula is C23H20BrN3O2. The van der Waals surface area contributed by atoms with Crippen LogP contribution in [0.25, 0.3) is 21.8 Å². The van der Waals surface area contributed by atoms with Gasteiger partial charge in [-0.15, -0.1) is 0 Å². The number of para-hydroxylation sites is 2. The largest absolute Gasteiger partial charge is 0.496 e. The average Bonchev–Trinajstić information content (AvgIpc) is 3.06. The van der Waals surface area contributed by atoms with Gasteiger partial charge in [-0.25, -0.2) is 5.43 Å². The quantitative estimate of drug-likeness (QED) is 0.328. The molecule has 0 aliphatic rings. The normalized spacial score (nSPS) is 11.4. The minimum atomic E-state index is -0.142. The number of nitrogens with one attached hydrogen (secondary N) is 1. The van der Waals surface area contributed by atoms with Gasteiger partial charge in [-0.1, -0.05) is 52.3 Å². The first-order valence-corrected chi connectivity index (χ1v) is 10.1. The summed E-state index contributed by atoms with van der Waals surface area (Å²) in [6, 6.07) is 22.1. The molecule has 0 radical (unpaired) electrons. The predicted molar refractivity (Wildman–Crippen MR) is 120 cm³/mol. The van der Waals surface area contributed by atoms with Gasteiger partial charge in [0.1, 0.15) is 5.75 Å². The minimum Gasteiger partial charge on any atom is -0.496 e. The third-order valence-electron chi connectivity index (χ3n) is 4.83. The highest BCUT2D eigenvalue weighted by atomic mass is 79.9. The van der Waals surface area contributed by atoms with E-state index < -0.39 is 0 Å². The van der Waals surface area contributed by atoms with Crippen LogP contribution in [0, 0.1) is 0 Å². The first-order valence-electron chi connectivity index (χ1n) is 9.29. The Hall–Kier alpha value is -3.12. The number of hydrogen-bond donors (Lipinski definition) is 1. The summed E-state index contributed by atoms with van der Waals surface area (Å²) in [7, 11) is 1.60. The molecule has 0 saturated carbocycles. The molecule has 1 amide bonds. The number of nitrogens with zero attached hydrogens (tertiary/aromatic N) is 2. The molecule has 0 atom stereocenters. The van der Waals surface area contributed by atoms with Crippen molar-refractivity contribution in [2.75, 3.05) is 7.11 Å². The molecule has 6 heteroatoms. The van der Waals surface area contributed by atoms with E-state index >= 15 is 0 Å². The molecule has 29 heavy (non-hydrogen) atoms. The minimum absolute atomic E-state index is 0.142. The van der Waals surface area contributed by atoms with Crippen LogP contribution in [0.4, 0.5) is 0 Å². The Labute approximate surface area is 177 Å². The number of aryl methyl sites for hydroxylation is 1. The monoisotopic (exact) mass is 449 g/mol. The van der Waals surface area contributed by atoms with Crippen LogP contribution < -0.4 is 10.2 Å². The summed E-state index contributed by atoms with van der Waals surface area (Å²) < 4.78 is 8.41. The third kappa shape index (κ3) is 4.03. The first-order chi connectivity index (χ1) is 14.2. The molecule has 0 spiro atoms. The van der Waals surface area contributed by atoms with Gasteiger partial charge in [0.25, 0.3) is 0 Å². The van der Waals surface area contributed by atoms with E-state index in [1.165, 1.54) is 10.8 Å². The van der Waals surface area contributed by atoms with Crippen LogP contribution in [0.5, 0.6) is 5.75 Å². The van der Waals surface area contributed by atoms with Crippen LogP contribution in [-0.2, 0) is 11.3 Å². The Balaban J connectivity index is 1.47. The van der Waals surface area contributed by atoms with E-state index in [0.29, 0.717) is 18.7 Å². The second-order valence-corrected chi connectivity index (χ2v) is 7.53. The molecule has 1 N–H and O–H groups in total. The van der Waals surface area contributed by atoms with Gasteiger partial charge in [0.15, 0.2) is 0 Å². The zero-order valence-corrected chi connectivity index (χ0v) is 17.5. The summed E-state index contributed by atoms with van der Waals surface area (Å²) in [5.74, 6) is 0.550. The highest BCUT2D eigenvalue weighted by molar-refractivity contribution is 9.10. The highest BCUT2D eigenvalue weighted by Gasteiger charge is 2.10. The fourth-order valence-electron chi connectivity index (χ4n) is 3.49. The Morgan fingerprint density at radius 1 is 1.07 bits per heavy atom. The molecule has 0 aliphatic heterocycles. The number of carbonyl (C=O) groups excluding carboxylic acids is 1. The van der Waals surface area contributed by atoms with Crippen LogP contribution >= 0.6 is 15.9 Å². The van der Waals surface area contributed by atoms with Gasteiger partial charge in [0, 0.05) is 44.8 Å². The molecular weight excluding hydrogens is 430 g/mol. The van der Waals surface area contributed by atoms with Gasteiger partial charge in [-0.05, 0) is 30.3 Å². The third-order valence-corrected chi connectivity index (χ3v) is 5.32. The number of rotatable bonds is 6. The number of methoxy groups -OCH3 is 1. The number of benzene rings is 3. The van der Waals surface area contributed by atoms with E-state index in [9.17, 15) is 4.79 Å². The average molecular weight is 450 g/mol. The number of ether oxygens (including phenoxy) is 1. The van der Waals surface area contributed by atoms with E-state index in [2.05, 4.69) is 55.3 Å². The smallest absolute Gasteiger partial charge is 0.241 e. The molecule has 146 valence electrons. The van der Waals surface area contributed by atoms with Gasteiger partial charge >= 0.3 is 0 Å². The summed E-state index contributed by atoms with van der Waals surface area (Å²) in [5.41, 5.74) is 5.65. The van der Waals surface area contributed by atoms with Crippen LogP contribution in [0.15, 0.2) is 76.3 Å². The lowest BCUT2D eigenvalue weighted by atomic mass is 10.2. The van der Waals surface area contributed by atoms with E-state index in [1.54, 1.807) is 13.3 Å². The van der Waals surface area contributed by atoms with Crippen molar-refractivity contribution in [3.05, 3.63) is 76.8 Å². The maximum absolute atomic E-state index is 12.3. The highest BCUT2D eigenvalue weighted by Crippen LogP contribution is 2.28. The summed E-state index contributed by atoms with van der Waals surface area (Å²) >= 11 is 3.43. The van der Waals surface area contributed by atoms with Crippen molar-refractivity contribution >= 4 is 49.9 Å². The molecule has 0 saturated heterocycles. The van der Waals surface area contributed by atoms with Crippen LogP contribution in [0.2, 0.25) is 0 Å². The number of carbonyl (C=O) groups is 1. The van der Waals surface area contributed by atoms with Gasteiger partial charge in [0.2, 0.25) is 5.91 Å². The Morgan fingerprint density at radius 3 is 2.38 bits per heavy atom. The molecule has 0 fully saturated rings. The number of amides is 1. The lowest BCUT2D eigenvalue weighted by Gasteiger charge is -2.07. The van der Waals surface area contributed by atoms with Crippen molar-refractivity contribution in [1.29, 1.82) is 0 Å². The van der Waals surface area contributed by atoms with Crippen LogP contribution in [-0.4, -0.2) is 23.8 Å². The topological polar surface area (TPSA) is 55.6 Å². The summed E-state index contributed by atoms with van der Waals surface area (Å²) in [4.78, 5) is 12.3. The number of aromatic nitrogens is 1. The van der Waals surface area contributed by atoms with Crippen molar-refractivity contribution in [2.24, 2.45) is 5.10 Å². The standard InChI is InChI=1S/C23H20BrN3O2/c1-29-22-11-10-17(24)14-16(22)15-25-26-23(28)12-13-27-20-8-4-2-6-18(20)19-7-3-5-9-21(19)27/h2-11,14-15H,12-13H2,1H3,(H,26,28). The zero-order valence-electron chi connectivity index (χ0n) is 15.9. The molecule has 1 heterocycles. The van der Waals surface area contributed by atoms with Gasteiger partial charge < -0.3 is 9.30 Å². The fourth-order valence-corrected chi connectivity index (χ4v) is 3.87.